The zero-order valence-corrected chi connectivity index (χ0v) is 11.8. The SMILES string of the molecule is CCN(C)CCNCC1Cc2cc(Cl)ccc2O1. The summed E-state index contributed by atoms with van der Waals surface area (Å²) in [6, 6.07) is 5.84. The predicted molar refractivity (Wildman–Crippen MR) is 75.6 cm³/mol. The molecule has 1 aliphatic rings. The Morgan fingerprint density at radius 1 is 1.50 bits per heavy atom. The Hall–Kier alpha value is -0.770. The molecular formula is C14H21ClN2O. The lowest BCUT2D eigenvalue weighted by molar-refractivity contribution is 0.224. The molecule has 1 unspecified atom stereocenters. The third-order valence-corrected chi connectivity index (χ3v) is 3.58. The summed E-state index contributed by atoms with van der Waals surface area (Å²) < 4.78 is 5.86. The van der Waals surface area contributed by atoms with Gasteiger partial charge in [-0.1, -0.05) is 18.5 Å². The number of nitrogens with one attached hydrogen (secondary N) is 1. The van der Waals surface area contributed by atoms with E-state index < -0.39 is 0 Å². The minimum atomic E-state index is 0.241. The molecule has 0 aromatic heterocycles. The molecule has 1 aromatic carbocycles. The second-order valence-corrected chi connectivity index (χ2v) is 5.23. The monoisotopic (exact) mass is 268 g/mol. The fourth-order valence-electron chi connectivity index (χ4n) is 2.09. The first kappa shape index (κ1) is 13.7. The Labute approximate surface area is 114 Å². The van der Waals surface area contributed by atoms with Crippen LogP contribution < -0.4 is 10.1 Å². The molecule has 4 heteroatoms. The first-order chi connectivity index (χ1) is 8.69. The van der Waals surface area contributed by atoms with E-state index in [-0.39, 0.29) is 6.10 Å². The van der Waals surface area contributed by atoms with E-state index in [1.54, 1.807) is 0 Å². The summed E-state index contributed by atoms with van der Waals surface area (Å²) in [5, 5.41) is 4.23. The van der Waals surface area contributed by atoms with Crippen molar-refractivity contribution in [1.29, 1.82) is 0 Å². The van der Waals surface area contributed by atoms with Crippen LogP contribution in [0.5, 0.6) is 5.75 Å². The molecule has 0 saturated carbocycles. The molecule has 1 atom stereocenters. The normalized spacial score (nSPS) is 17.9. The van der Waals surface area contributed by atoms with Crippen LogP contribution in [-0.2, 0) is 6.42 Å². The van der Waals surface area contributed by atoms with Gasteiger partial charge in [0.25, 0.3) is 0 Å². The van der Waals surface area contributed by atoms with Crippen molar-refractivity contribution in [3.05, 3.63) is 28.8 Å². The molecule has 0 radical (unpaired) electrons. The van der Waals surface area contributed by atoms with Crippen molar-refractivity contribution >= 4 is 11.6 Å². The van der Waals surface area contributed by atoms with Gasteiger partial charge < -0.3 is 15.0 Å². The number of benzene rings is 1. The van der Waals surface area contributed by atoms with E-state index >= 15 is 0 Å². The highest BCUT2D eigenvalue weighted by molar-refractivity contribution is 6.30. The van der Waals surface area contributed by atoms with Gasteiger partial charge in [0.15, 0.2) is 0 Å². The van der Waals surface area contributed by atoms with E-state index in [9.17, 15) is 0 Å². The second kappa shape index (κ2) is 6.41. The smallest absolute Gasteiger partial charge is 0.123 e. The molecule has 0 aliphatic carbocycles. The molecule has 2 rings (SSSR count). The third-order valence-electron chi connectivity index (χ3n) is 3.35. The van der Waals surface area contributed by atoms with Gasteiger partial charge in [-0.2, -0.15) is 0 Å². The van der Waals surface area contributed by atoms with Crippen molar-refractivity contribution < 1.29 is 4.74 Å². The van der Waals surface area contributed by atoms with Crippen LogP contribution in [0.4, 0.5) is 0 Å². The number of nitrogens with zero attached hydrogens (tertiary/aromatic N) is 1. The molecule has 1 heterocycles. The fraction of sp³-hybridized carbons (Fsp3) is 0.571. The third kappa shape index (κ3) is 3.61. The average molecular weight is 269 g/mol. The molecular weight excluding hydrogens is 248 g/mol. The molecule has 0 fully saturated rings. The maximum Gasteiger partial charge on any atom is 0.123 e. The summed E-state index contributed by atoms with van der Waals surface area (Å²) in [6.07, 6.45) is 1.19. The Kier molecular flexibility index (Phi) is 4.87. The Morgan fingerprint density at radius 3 is 3.11 bits per heavy atom. The van der Waals surface area contributed by atoms with E-state index in [0.717, 1.165) is 43.4 Å². The van der Waals surface area contributed by atoms with Gasteiger partial charge in [-0.25, -0.2) is 0 Å². The summed E-state index contributed by atoms with van der Waals surface area (Å²) in [6.45, 7) is 6.22. The maximum absolute atomic E-state index is 5.97. The molecule has 100 valence electrons. The van der Waals surface area contributed by atoms with Gasteiger partial charge >= 0.3 is 0 Å². The van der Waals surface area contributed by atoms with E-state index in [1.165, 1.54) is 5.56 Å². The molecule has 18 heavy (non-hydrogen) atoms. The lowest BCUT2D eigenvalue weighted by Gasteiger charge is -2.16. The summed E-state index contributed by atoms with van der Waals surface area (Å²) in [4.78, 5) is 2.29. The van der Waals surface area contributed by atoms with Crippen LogP contribution in [0.3, 0.4) is 0 Å². The molecule has 1 aliphatic heterocycles. The zero-order valence-electron chi connectivity index (χ0n) is 11.1. The topological polar surface area (TPSA) is 24.5 Å². The van der Waals surface area contributed by atoms with Gasteiger partial charge in [0.05, 0.1) is 0 Å². The van der Waals surface area contributed by atoms with E-state index in [4.69, 9.17) is 16.3 Å². The van der Waals surface area contributed by atoms with Crippen LogP contribution in [0.15, 0.2) is 18.2 Å². The number of halogens is 1. The highest BCUT2D eigenvalue weighted by atomic mass is 35.5. The molecule has 1 N–H and O–H groups in total. The van der Waals surface area contributed by atoms with Gasteiger partial charge in [-0.15, -0.1) is 0 Å². The zero-order chi connectivity index (χ0) is 13.0. The van der Waals surface area contributed by atoms with Crippen LogP contribution >= 0.6 is 11.6 Å². The lowest BCUT2D eigenvalue weighted by Crippen LogP contribution is -2.35. The summed E-state index contributed by atoms with van der Waals surface area (Å²) in [5.74, 6) is 0.983. The van der Waals surface area contributed by atoms with Crippen molar-refractivity contribution in [2.24, 2.45) is 0 Å². The van der Waals surface area contributed by atoms with E-state index in [0.29, 0.717) is 0 Å². The summed E-state index contributed by atoms with van der Waals surface area (Å²) in [7, 11) is 2.13. The van der Waals surface area contributed by atoms with Crippen molar-refractivity contribution in [3.63, 3.8) is 0 Å². The standard InChI is InChI=1S/C14H21ClN2O/c1-3-17(2)7-6-16-10-13-9-11-8-12(15)4-5-14(11)18-13/h4-5,8,13,16H,3,6-7,9-10H2,1-2H3. The highest BCUT2D eigenvalue weighted by Gasteiger charge is 2.22. The average Bonchev–Trinajstić information content (AvgIpc) is 2.76. The summed E-state index contributed by atoms with van der Waals surface area (Å²) in [5.41, 5.74) is 1.22. The fourth-order valence-corrected chi connectivity index (χ4v) is 2.29. The van der Waals surface area contributed by atoms with Gasteiger partial charge in [0, 0.05) is 31.1 Å². The van der Waals surface area contributed by atoms with Gasteiger partial charge in [-0.3, -0.25) is 0 Å². The second-order valence-electron chi connectivity index (χ2n) is 4.80. The van der Waals surface area contributed by atoms with Crippen molar-refractivity contribution in [2.75, 3.05) is 33.2 Å². The maximum atomic E-state index is 5.97. The van der Waals surface area contributed by atoms with Gasteiger partial charge in [0.1, 0.15) is 11.9 Å². The predicted octanol–water partition coefficient (Wildman–Crippen LogP) is 2.18. The molecule has 0 saturated heterocycles. The molecule has 0 spiro atoms. The molecule has 1 aromatic rings. The number of hydrogen-bond donors (Lipinski definition) is 1. The van der Waals surface area contributed by atoms with Crippen LogP contribution in [0.25, 0.3) is 0 Å². The van der Waals surface area contributed by atoms with Crippen LogP contribution in [0, 0.1) is 0 Å². The van der Waals surface area contributed by atoms with E-state index in [2.05, 4.69) is 24.2 Å². The Bertz CT molecular complexity index is 397. The first-order valence-electron chi connectivity index (χ1n) is 6.53. The minimum Gasteiger partial charge on any atom is -0.488 e. The lowest BCUT2D eigenvalue weighted by atomic mass is 10.1. The number of hydrogen-bond acceptors (Lipinski definition) is 3. The first-order valence-corrected chi connectivity index (χ1v) is 6.91. The number of likely N-dealkylation sites (N-methyl/N-ethyl adjacent to an activating group) is 1. The van der Waals surface area contributed by atoms with Crippen molar-refractivity contribution in [2.45, 2.75) is 19.4 Å². The largest absolute Gasteiger partial charge is 0.488 e. The van der Waals surface area contributed by atoms with Crippen molar-refractivity contribution in [3.8, 4) is 5.75 Å². The van der Waals surface area contributed by atoms with Gasteiger partial charge in [-0.05, 0) is 37.4 Å². The molecule has 3 nitrogen and oxygen atoms in total. The minimum absolute atomic E-state index is 0.241. The van der Waals surface area contributed by atoms with Gasteiger partial charge in [0.2, 0.25) is 0 Å². The van der Waals surface area contributed by atoms with E-state index in [1.807, 2.05) is 18.2 Å². The Balaban J connectivity index is 1.71. The van der Waals surface area contributed by atoms with Crippen molar-refractivity contribution in [1.82, 2.24) is 10.2 Å². The molecule has 0 bridgehead atoms. The summed E-state index contributed by atoms with van der Waals surface area (Å²) >= 11 is 5.97. The van der Waals surface area contributed by atoms with Crippen LogP contribution in [0.2, 0.25) is 5.02 Å². The number of ether oxygens (including phenoxy) is 1. The quantitative estimate of drug-likeness (QED) is 0.801. The van der Waals surface area contributed by atoms with Crippen LogP contribution in [-0.4, -0.2) is 44.2 Å². The highest BCUT2D eigenvalue weighted by Crippen LogP contribution is 2.30. The number of rotatable bonds is 6. The molecule has 0 amide bonds. The Morgan fingerprint density at radius 2 is 2.33 bits per heavy atom. The number of fused-ring (bicyclic) bond motifs is 1. The van der Waals surface area contributed by atoms with Crippen LogP contribution in [0.1, 0.15) is 12.5 Å².